The maximum atomic E-state index is 12.4. The van der Waals surface area contributed by atoms with E-state index in [1.165, 1.54) is 18.2 Å². The van der Waals surface area contributed by atoms with Gasteiger partial charge in [0.2, 0.25) is 5.78 Å². The van der Waals surface area contributed by atoms with Crippen LogP contribution in [0.5, 0.6) is 0 Å². The summed E-state index contributed by atoms with van der Waals surface area (Å²) < 4.78 is 0.813. The minimum atomic E-state index is -1.87. The van der Waals surface area contributed by atoms with Crippen LogP contribution >= 0.6 is 15.9 Å². The van der Waals surface area contributed by atoms with Crippen LogP contribution in [0.25, 0.3) is 0 Å². The molecule has 0 unspecified atom stereocenters. The van der Waals surface area contributed by atoms with E-state index < -0.39 is 17.5 Å². The molecular formula is C15H9BrNNaO4. The van der Waals surface area contributed by atoms with E-state index in [0.717, 1.165) is 4.47 Å². The van der Waals surface area contributed by atoms with Crippen molar-refractivity contribution in [2.75, 3.05) is 5.73 Å². The monoisotopic (exact) mass is 369 g/mol. The van der Waals surface area contributed by atoms with Crippen molar-refractivity contribution in [2.45, 2.75) is 0 Å². The molecule has 2 rings (SSSR count). The van der Waals surface area contributed by atoms with Crippen LogP contribution < -0.4 is 40.4 Å². The van der Waals surface area contributed by atoms with Gasteiger partial charge in [-0.15, -0.1) is 0 Å². The van der Waals surface area contributed by atoms with E-state index in [1.54, 1.807) is 24.3 Å². The Balaban J connectivity index is 0.00000242. The molecule has 2 N–H and O–H groups in total. The molecule has 2 aromatic rings. The SMILES string of the molecule is Nc1c(C(=O)C(=O)[O-])cccc1C(=O)c1ccc(Br)cc1.[Na+]. The van der Waals surface area contributed by atoms with E-state index in [2.05, 4.69) is 15.9 Å². The standard InChI is InChI=1S/C15H10BrNO4.Na/c16-9-6-4-8(5-7-9)13(18)10-2-1-3-11(12(10)17)14(19)15(20)21;/h1-7H,17H2,(H,20,21);/q;+1/p-1. The molecule has 0 fully saturated rings. The zero-order valence-corrected chi connectivity index (χ0v) is 15.2. The van der Waals surface area contributed by atoms with Gasteiger partial charge in [0.1, 0.15) is 5.97 Å². The number of carbonyl (C=O) groups excluding carboxylic acids is 3. The number of nitrogen functional groups attached to an aromatic ring is 1. The molecule has 2 aromatic carbocycles. The van der Waals surface area contributed by atoms with Crippen LogP contribution in [0, 0.1) is 0 Å². The van der Waals surface area contributed by atoms with Gasteiger partial charge >= 0.3 is 29.6 Å². The Morgan fingerprint density at radius 2 is 1.50 bits per heavy atom. The normalized spacial score (nSPS) is 9.68. The number of ketones is 2. The predicted octanol–water partition coefficient (Wildman–Crippen LogP) is -1.80. The number of hydrogen-bond donors (Lipinski definition) is 1. The fraction of sp³-hybridized carbons (Fsp3) is 0. The maximum Gasteiger partial charge on any atom is 1.00 e. The molecule has 0 aromatic heterocycles. The third-order valence-corrected chi connectivity index (χ3v) is 3.42. The average molecular weight is 370 g/mol. The fourth-order valence-electron chi connectivity index (χ4n) is 1.83. The molecule has 0 radical (unpaired) electrons. The summed E-state index contributed by atoms with van der Waals surface area (Å²) in [5, 5.41) is 10.6. The Morgan fingerprint density at radius 3 is 2.05 bits per heavy atom. The minimum absolute atomic E-state index is 0. The minimum Gasteiger partial charge on any atom is -0.541 e. The number of anilines is 1. The quantitative estimate of drug-likeness (QED) is 0.296. The molecule has 0 saturated carbocycles. The number of carbonyl (C=O) groups is 3. The van der Waals surface area contributed by atoms with Crippen molar-refractivity contribution < 1.29 is 49.0 Å². The van der Waals surface area contributed by atoms with Gasteiger partial charge in [-0.1, -0.05) is 22.0 Å². The summed E-state index contributed by atoms with van der Waals surface area (Å²) in [4.78, 5) is 34.4. The second-order valence-corrected chi connectivity index (χ2v) is 5.14. The zero-order chi connectivity index (χ0) is 15.6. The van der Waals surface area contributed by atoms with Gasteiger partial charge in [-0.25, -0.2) is 0 Å². The van der Waals surface area contributed by atoms with Gasteiger partial charge in [0.15, 0.2) is 5.78 Å². The van der Waals surface area contributed by atoms with Gasteiger partial charge in [0.05, 0.1) is 5.69 Å². The largest absolute Gasteiger partial charge is 1.00 e. The number of Topliss-reactive ketones (excluding diaryl/α,β-unsaturated/α-hetero) is 1. The van der Waals surface area contributed by atoms with Crippen molar-refractivity contribution in [3.8, 4) is 0 Å². The molecular weight excluding hydrogens is 361 g/mol. The Bertz CT molecular complexity index is 744. The van der Waals surface area contributed by atoms with Crippen LogP contribution in [-0.2, 0) is 4.79 Å². The summed E-state index contributed by atoms with van der Waals surface area (Å²) in [6.45, 7) is 0. The molecule has 0 aliphatic rings. The number of carboxylic acids is 1. The van der Waals surface area contributed by atoms with Crippen molar-refractivity contribution >= 4 is 39.2 Å². The summed E-state index contributed by atoms with van der Waals surface area (Å²) in [6, 6.07) is 10.7. The maximum absolute atomic E-state index is 12.4. The van der Waals surface area contributed by atoms with Crippen molar-refractivity contribution in [2.24, 2.45) is 0 Å². The van der Waals surface area contributed by atoms with Crippen LogP contribution in [0.4, 0.5) is 5.69 Å². The molecule has 0 bridgehead atoms. The summed E-state index contributed by atoms with van der Waals surface area (Å²) in [5.74, 6) is -3.51. The van der Waals surface area contributed by atoms with Gasteiger partial charge in [-0.2, -0.15) is 0 Å². The van der Waals surface area contributed by atoms with Crippen molar-refractivity contribution in [1.82, 2.24) is 0 Å². The number of aliphatic carboxylic acids is 1. The number of hydrogen-bond acceptors (Lipinski definition) is 5. The second-order valence-electron chi connectivity index (χ2n) is 4.22. The molecule has 0 atom stereocenters. The first-order valence-electron chi connectivity index (χ1n) is 5.86. The number of para-hydroxylation sites is 1. The fourth-order valence-corrected chi connectivity index (χ4v) is 2.09. The molecule has 0 spiro atoms. The number of rotatable bonds is 4. The molecule has 0 heterocycles. The van der Waals surface area contributed by atoms with Gasteiger partial charge in [0, 0.05) is 21.2 Å². The van der Waals surface area contributed by atoms with E-state index in [1.807, 2.05) is 0 Å². The summed E-state index contributed by atoms with van der Waals surface area (Å²) >= 11 is 3.26. The predicted molar refractivity (Wildman–Crippen MR) is 77.8 cm³/mol. The molecule has 0 amide bonds. The summed E-state index contributed by atoms with van der Waals surface area (Å²) in [7, 11) is 0. The van der Waals surface area contributed by atoms with Gasteiger partial charge in [0.25, 0.3) is 0 Å². The van der Waals surface area contributed by atoms with Crippen LogP contribution in [0.1, 0.15) is 26.3 Å². The van der Waals surface area contributed by atoms with Crippen molar-refractivity contribution in [1.29, 1.82) is 0 Å². The summed E-state index contributed by atoms with van der Waals surface area (Å²) in [6.07, 6.45) is 0. The molecule has 106 valence electrons. The first kappa shape index (κ1) is 18.6. The Morgan fingerprint density at radius 1 is 0.955 bits per heavy atom. The van der Waals surface area contributed by atoms with E-state index in [4.69, 9.17) is 5.73 Å². The van der Waals surface area contributed by atoms with E-state index in [9.17, 15) is 19.5 Å². The molecule has 22 heavy (non-hydrogen) atoms. The number of benzene rings is 2. The molecule has 0 aliphatic carbocycles. The Labute approximate surface area is 156 Å². The third kappa shape index (κ3) is 3.84. The Hall–Kier alpha value is -1.47. The third-order valence-electron chi connectivity index (χ3n) is 2.89. The second kappa shape index (κ2) is 7.69. The first-order chi connectivity index (χ1) is 9.91. The van der Waals surface area contributed by atoms with Crippen LogP contribution in [0.15, 0.2) is 46.9 Å². The summed E-state index contributed by atoms with van der Waals surface area (Å²) in [5.41, 5.74) is 5.78. The average Bonchev–Trinajstić information content (AvgIpc) is 2.47. The van der Waals surface area contributed by atoms with Crippen molar-refractivity contribution in [3.63, 3.8) is 0 Å². The molecule has 5 nitrogen and oxygen atoms in total. The van der Waals surface area contributed by atoms with E-state index in [-0.39, 0.29) is 46.4 Å². The Kier molecular flexibility index (Phi) is 6.49. The van der Waals surface area contributed by atoms with Gasteiger partial charge in [-0.3, -0.25) is 9.59 Å². The van der Waals surface area contributed by atoms with Gasteiger partial charge in [-0.05, 0) is 36.4 Å². The van der Waals surface area contributed by atoms with Crippen LogP contribution in [-0.4, -0.2) is 17.5 Å². The van der Waals surface area contributed by atoms with Gasteiger partial charge < -0.3 is 15.6 Å². The first-order valence-corrected chi connectivity index (χ1v) is 6.65. The number of nitrogens with two attached hydrogens (primary N) is 1. The molecule has 7 heteroatoms. The molecule has 0 saturated heterocycles. The molecule has 0 aliphatic heterocycles. The smallest absolute Gasteiger partial charge is 0.541 e. The van der Waals surface area contributed by atoms with Crippen LogP contribution in [0.3, 0.4) is 0 Å². The topological polar surface area (TPSA) is 100 Å². The van der Waals surface area contributed by atoms with E-state index in [0.29, 0.717) is 5.56 Å². The van der Waals surface area contributed by atoms with E-state index >= 15 is 0 Å². The van der Waals surface area contributed by atoms with Crippen LogP contribution in [0.2, 0.25) is 0 Å². The number of carboxylic acid groups (broad SMARTS) is 1. The van der Waals surface area contributed by atoms with Crippen molar-refractivity contribution in [3.05, 3.63) is 63.6 Å². The zero-order valence-electron chi connectivity index (χ0n) is 11.6. The number of halogens is 1.